The van der Waals surface area contributed by atoms with Gasteiger partial charge >= 0.3 is 0 Å². The van der Waals surface area contributed by atoms with Crippen molar-refractivity contribution in [3.8, 4) is 5.69 Å². The summed E-state index contributed by atoms with van der Waals surface area (Å²) >= 11 is 0. The SMILES string of the molecule is O=C1CCC(c2coc3c2ccn3-c2ccccc2)C(=O)N1. The van der Waals surface area contributed by atoms with E-state index in [1.165, 1.54) is 0 Å². The first kappa shape index (κ1) is 12.9. The van der Waals surface area contributed by atoms with Gasteiger partial charge in [0.05, 0.1) is 12.2 Å². The van der Waals surface area contributed by atoms with E-state index >= 15 is 0 Å². The van der Waals surface area contributed by atoms with E-state index in [9.17, 15) is 9.59 Å². The van der Waals surface area contributed by atoms with Crippen molar-refractivity contribution in [1.82, 2.24) is 9.88 Å². The van der Waals surface area contributed by atoms with Crippen LogP contribution >= 0.6 is 0 Å². The van der Waals surface area contributed by atoms with Gasteiger partial charge in [-0.25, -0.2) is 0 Å². The number of hydrogen-bond acceptors (Lipinski definition) is 3. The number of furan rings is 1. The fraction of sp³-hybridized carbons (Fsp3) is 0.176. The predicted molar refractivity (Wildman–Crippen MR) is 80.7 cm³/mol. The molecule has 1 aliphatic rings. The zero-order valence-electron chi connectivity index (χ0n) is 11.8. The first-order chi connectivity index (χ1) is 10.7. The van der Waals surface area contributed by atoms with E-state index in [1.54, 1.807) is 6.26 Å². The molecule has 1 atom stereocenters. The number of benzene rings is 1. The molecule has 0 spiro atoms. The van der Waals surface area contributed by atoms with Crippen LogP contribution in [0.1, 0.15) is 24.3 Å². The second kappa shape index (κ2) is 4.87. The molecule has 0 radical (unpaired) electrons. The lowest BCUT2D eigenvalue weighted by Gasteiger charge is -2.19. The summed E-state index contributed by atoms with van der Waals surface area (Å²) in [4.78, 5) is 23.3. The maximum Gasteiger partial charge on any atom is 0.234 e. The number of carbonyl (C=O) groups is 2. The summed E-state index contributed by atoms with van der Waals surface area (Å²) in [6.45, 7) is 0. The zero-order valence-corrected chi connectivity index (χ0v) is 11.8. The normalized spacial score (nSPS) is 18.6. The third-order valence-electron chi connectivity index (χ3n) is 4.10. The number of carbonyl (C=O) groups excluding carboxylic acids is 2. The summed E-state index contributed by atoms with van der Waals surface area (Å²) in [7, 11) is 0. The van der Waals surface area contributed by atoms with Gasteiger partial charge < -0.3 is 4.42 Å². The highest BCUT2D eigenvalue weighted by atomic mass is 16.3. The fourth-order valence-corrected chi connectivity index (χ4v) is 2.99. The Labute approximate surface area is 126 Å². The Hall–Kier alpha value is -2.82. The Morgan fingerprint density at radius 3 is 2.73 bits per heavy atom. The molecule has 1 saturated heterocycles. The van der Waals surface area contributed by atoms with Crippen molar-refractivity contribution in [3.63, 3.8) is 0 Å². The molecule has 4 rings (SSSR count). The van der Waals surface area contributed by atoms with Crippen LogP contribution in [0.4, 0.5) is 0 Å². The molecule has 2 amide bonds. The second-order valence-electron chi connectivity index (χ2n) is 5.43. The van der Waals surface area contributed by atoms with Crippen LogP contribution in [0.3, 0.4) is 0 Å². The van der Waals surface area contributed by atoms with Crippen LogP contribution in [0.5, 0.6) is 0 Å². The number of hydrogen-bond donors (Lipinski definition) is 1. The summed E-state index contributed by atoms with van der Waals surface area (Å²) in [5.74, 6) is -0.778. The third-order valence-corrected chi connectivity index (χ3v) is 4.10. The Balaban J connectivity index is 1.77. The van der Waals surface area contributed by atoms with Crippen LogP contribution in [0.25, 0.3) is 16.8 Å². The number of nitrogens with one attached hydrogen (secondary N) is 1. The maximum absolute atomic E-state index is 12.0. The van der Waals surface area contributed by atoms with Crippen molar-refractivity contribution >= 4 is 22.9 Å². The summed E-state index contributed by atoms with van der Waals surface area (Å²) in [5.41, 5.74) is 2.56. The average Bonchev–Trinajstić information content (AvgIpc) is 3.10. The van der Waals surface area contributed by atoms with Gasteiger partial charge in [-0.3, -0.25) is 19.5 Å². The molecule has 3 heterocycles. The van der Waals surface area contributed by atoms with Crippen LogP contribution in [0, 0.1) is 0 Å². The van der Waals surface area contributed by atoms with Crippen molar-refractivity contribution in [2.45, 2.75) is 18.8 Å². The molecule has 1 unspecified atom stereocenters. The van der Waals surface area contributed by atoms with Crippen molar-refractivity contribution in [2.75, 3.05) is 0 Å². The van der Waals surface area contributed by atoms with Crippen LogP contribution in [-0.4, -0.2) is 16.4 Å². The number of piperidine rings is 1. The molecule has 3 aromatic rings. The molecular weight excluding hydrogens is 280 g/mol. The summed E-state index contributed by atoms with van der Waals surface area (Å²) in [5, 5.41) is 3.31. The van der Waals surface area contributed by atoms with Gasteiger partial charge in [0, 0.05) is 29.3 Å². The Morgan fingerprint density at radius 1 is 1.14 bits per heavy atom. The molecule has 1 aliphatic heterocycles. The minimum absolute atomic E-state index is 0.206. The minimum Gasteiger partial charge on any atom is -0.447 e. The smallest absolute Gasteiger partial charge is 0.234 e. The molecular formula is C17H14N2O3. The fourth-order valence-electron chi connectivity index (χ4n) is 2.99. The van der Waals surface area contributed by atoms with E-state index in [0.29, 0.717) is 18.6 Å². The first-order valence-corrected chi connectivity index (χ1v) is 7.21. The molecule has 0 saturated carbocycles. The molecule has 2 aromatic heterocycles. The molecule has 1 N–H and O–H groups in total. The number of nitrogens with zero attached hydrogens (tertiary/aromatic N) is 1. The highest BCUT2D eigenvalue weighted by Gasteiger charge is 2.31. The van der Waals surface area contributed by atoms with Gasteiger partial charge in [-0.15, -0.1) is 0 Å². The van der Waals surface area contributed by atoms with E-state index in [2.05, 4.69) is 5.32 Å². The standard InChI is InChI=1S/C17H14N2O3/c20-15-7-6-12(16(21)18-15)14-10-22-17-13(14)8-9-19(17)11-4-2-1-3-5-11/h1-5,8-10,12H,6-7H2,(H,18,20,21). The monoisotopic (exact) mass is 294 g/mol. The van der Waals surface area contributed by atoms with Gasteiger partial charge in [0.2, 0.25) is 17.5 Å². The van der Waals surface area contributed by atoms with Gasteiger partial charge in [0.25, 0.3) is 0 Å². The van der Waals surface area contributed by atoms with E-state index in [-0.39, 0.29) is 17.7 Å². The van der Waals surface area contributed by atoms with Crippen molar-refractivity contribution < 1.29 is 14.0 Å². The van der Waals surface area contributed by atoms with E-state index in [0.717, 1.165) is 16.6 Å². The predicted octanol–water partition coefficient (Wildman–Crippen LogP) is 2.74. The number of para-hydroxylation sites is 1. The molecule has 22 heavy (non-hydrogen) atoms. The Kier molecular flexibility index (Phi) is 2.85. The number of aromatic nitrogens is 1. The van der Waals surface area contributed by atoms with Crippen molar-refractivity contribution in [2.24, 2.45) is 0 Å². The summed E-state index contributed by atoms with van der Waals surface area (Å²) < 4.78 is 7.65. The molecule has 0 bridgehead atoms. The summed E-state index contributed by atoms with van der Waals surface area (Å²) in [6.07, 6.45) is 4.45. The van der Waals surface area contributed by atoms with E-state index in [1.807, 2.05) is 47.2 Å². The third kappa shape index (κ3) is 1.94. The largest absolute Gasteiger partial charge is 0.447 e. The molecule has 1 fully saturated rings. The quantitative estimate of drug-likeness (QED) is 0.739. The van der Waals surface area contributed by atoms with Gasteiger partial charge in [-0.2, -0.15) is 0 Å². The van der Waals surface area contributed by atoms with Gasteiger partial charge in [0.15, 0.2) is 0 Å². The lowest BCUT2D eigenvalue weighted by atomic mass is 9.91. The van der Waals surface area contributed by atoms with Crippen molar-refractivity contribution in [1.29, 1.82) is 0 Å². The Bertz CT molecular complexity index is 861. The average molecular weight is 294 g/mol. The highest BCUT2D eigenvalue weighted by molar-refractivity contribution is 6.02. The van der Waals surface area contributed by atoms with Gasteiger partial charge in [-0.05, 0) is 24.6 Å². The van der Waals surface area contributed by atoms with Crippen LogP contribution in [0.15, 0.2) is 53.3 Å². The minimum atomic E-state index is -0.328. The second-order valence-corrected chi connectivity index (χ2v) is 5.43. The van der Waals surface area contributed by atoms with E-state index < -0.39 is 0 Å². The topological polar surface area (TPSA) is 64.2 Å². The number of amides is 2. The van der Waals surface area contributed by atoms with E-state index in [4.69, 9.17) is 4.42 Å². The van der Waals surface area contributed by atoms with Crippen LogP contribution in [-0.2, 0) is 9.59 Å². The lowest BCUT2D eigenvalue weighted by Crippen LogP contribution is -2.39. The first-order valence-electron chi connectivity index (χ1n) is 7.21. The van der Waals surface area contributed by atoms with Crippen molar-refractivity contribution in [3.05, 3.63) is 54.4 Å². The van der Waals surface area contributed by atoms with Crippen LogP contribution < -0.4 is 5.32 Å². The molecule has 5 heteroatoms. The Morgan fingerprint density at radius 2 is 1.95 bits per heavy atom. The van der Waals surface area contributed by atoms with Gasteiger partial charge in [-0.1, -0.05) is 18.2 Å². The number of fused-ring (bicyclic) bond motifs is 1. The number of rotatable bonds is 2. The molecule has 110 valence electrons. The molecule has 0 aliphatic carbocycles. The highest BCUT2D eigenvalue weighted by Crippen LogP contribution is 2.34. The summed E-state index contributed by atoms with van der Waals surface area (Å²) in [6, 6.07) is 11.8. The maximum atomic E-state index is 12.0. The van der Waals surface area contributed by atoms with Crippen LogP contribution in [0.2, 0.25) is 0 Å². The van der Waals surface area contributed by atoms with Gasteiger partial charge in [0.1, 0.15) is 0 Å². The molecule has 5 nitrogen and oxygen atoms in total. The lowest BCUT2D eigenvalue weighted by molar-refractivity contribution is -0.134. The zero-order chi connectivity index (χ0) is 15.1. The number of imide groups is 1. The molecule has 1 aromatic carbocycles.